The van der Waals surface area contributed by atoms with Crippen LogP contribution in [0.3, 0.4) is 0 Å². The fourth-order valence-corrected chi connectivity index (χ4v) is 7.62. The number of carbonyl (C=O) groups excluding carboxylic acids is 1. The van der Waals surface area contributed by atoms with Gasteiger partial charge in [0, 0.05) is 41.3 Å². The first-order valence-electron chi connectivity index (χ1n) is 16.3. The summed E-state index contributed by atoms with van der Waals surface area (Å²) in [6, 6.07) is 11.2. The van der Waals surface area contributed by atoms with Gasteiger partial charge in [0.25, 0.3) is 0 Å². The second-order valence-corrected chi connectivity index (χ2v) is 14.2. The lowest BCUT2D eigenvalue weighted by molar-refractivity contribution is 0.0206. The van der Waals surface area contributed by atoms with Crippen LogP contribution in [-0.4, -0.2) is 80.8 Å². The largest absolute Gasteiger partial charge is 0.461 e. The lowest BCUT2D eigenvalue weighted by Crippen LogP contribution is -2.47. The van der Waals surface area contributed by atoms with E-state index in [-0.39, 0.29) is 34.9 Å². The summed E-state index contributed by atoms with van der Waals surface area (Å²) in [7, 11) is 0. The van der Waals surface area contributed by atoms with Crippen LogP contribution in [0.15, 0.2) is 42.6 Å². The monoisotopic (exact) mass is 646 g/mol. The molecule has 1 atom stereocenters. The zero-order valence-corrected chi connectivity index (χ0v) is 27.4. The Kier molecular flexibility index (Phi) is 8.13. The van der Waals surface area contributed by atoms with Crippen molar-refractivity contribution in [2.75, 3.05) is 38.1 Å². The first-order chi connectivity index (χ1) is 22.1. The molecule has 3 aliphatic heterocycles. The number of anilines is 1. The lowest BCUT2D eigenvalue weighted by atomic mass is 9.95. The van der Waals surface area contributed by atoms with Crippen LogP contribution in [0.4, 0.5) is 15.0 Å². The molecule has 5 heterocycles. The summed E-state index contributed by atoms with van der Waals surface area (Å²) in [6.45, 7) is 9.20. The molecule has 7 rings (SSSR count). The third kappa shape index (κ3) is 5.93. The van der Waals surface area contributed by atoms with E-state index in [4.69, 9.17) is 26.1 Å². The molecule has 3 fully saturated rings. The van der Waals surface area contributed by atoms with E-state index < -0.39 is 11.4 Å². The number of pyridine rings is 1. The Hall–Kier alpha value is -3.76. The third-order valence-corrected chi connectivity index (χ3v) is 9.78. The van der Waals surface area contributed by atoms with Gasteiger partial charge in [0.15, 0.2) is 5.82 Å². The molecule has 0 bridgehead atoms. The Morgan fingerprint density at radius 2 is 1.85 bits per heavy atom. The van der Waals surface area contributed by atoms with Crippen molar-refractivity contribution in [3.63, 3.8) is 0 Å². The molecular formula is C35H40ClFN6O3. The van der Waals surface area contributed by atoms with Crippen molar-refractivity contribution >= 4 is 45.2 Å². The van der Waals surface area contributed by atoms with Gasteiger partial charge in [-0.3, -0.25) is 9.88 Å². The molecule has 3 saturated heterocycles. The Morgan fingerprint density at radius 3 is 2.61 bits per heavy atom. The number of fused-ring (bicyclic) bond motifs is 3. The first-order valence-corrected chi connectivity index (χ1v) is 16.6. The molecule has 242 valence electrons. The van der Waals surface area contributed by atoms with Crippen LogP contribution in [0, 0.1) is 5.82 Å². The van der Waals surface area contributed by atoms with E-state index in [1.165, 1.54) is 0 Å². The number of amides is 1. The van der Waals surface area contributed by atoms with Crippen LogP contribution >= 0.6 is 11.6 Å². The fraction of sp³-hybridized carbons (Fsp3) is 0.486. The summed E-state index contributed by atoms with van der Waals surface area (Å²) < 4.78 is 28.6. The zero-order chi connectivity index (χ0) is 32.1. The van der Waals surface area contributed by atoms with E-state index in [1.807, 2.05) is 51.1 Å². The quantitative estimate of drug-likeness (QED) is 0.231. The minimum atomic E-state index is -0.588. The van der Waals surface area contributed by atoms with Crippen LogP contribution in [0.25, 0.3) is 32.9 Å². The number of carbonyl (C=O) groups is 1. The van der Waals surface area contributed by atoms with E-state index in [1.54, 1.807) is 17.2 Å². The van der Waals surface area contributed by atoms with Crippen LogP contribution in [0.1, 0.15) is 59.3 Å². The van der Waals surface area contributed by atoms with E-state index in [9.17, 15) is 4.79 Å². The minimum absolute atomic E-state index is 0.0230. The number of nitrogens with one attached hydrogen (secondary N) is 1. The normalized spacial score (nSPS) is 19.8. The topological polar surface area (TPSA) is 92.7 Å². The number of rotatable bonds is 6. The number of likely N-dealkylation sites (tertiary alicyclic amines) is 1. The number of nitrogens with zero attached hydrogens (tertiary/aromatic N) is 5. The number of hydrogen-bond donors (Lipinski definition) is 1. The highest BCUT2D eigenvalue weighted by Crippen LogP contribution is 2.40. The molecule has 1 unspecified atom stereocenters. The van der Waals surface area contributed by atoms with Gasteiger partial charge >= 0.3 is 12.1 Å². The number of aromatic nitrogens is 3. The summed E-state index contributed by atoms with van der Waals surface area (Å²) in [5, 5.41) is 6.07. The smallest absolute Gasteiger partial charge is 0.410 e. The molecule has 2 aromatic carbocycles. The molecule has 9 nitrogen and oxygen atoms in total. The molecule has 0 radical (unpaired) electrons. The van der Waals surface area contributed by atoms with Gasteiger partial charge in [-0.2, -0.15) is 9.97 Å². The zero-order valence-electron chi connectivity index (χ0n) is 26.6. The maximum Gasteiger partial charge on any atom is 0.410 e. The minimum Gasteiger partial charge on any atom is -0.461 e. The van der Waals surface area contributed by atoms with Gasteiger partial charge in [-0.1, -0.05) is 41.9 Å². The van der Waals surface area contributed by atoms with Crippen LogP contribution in [0.5, 0.6) is 6.01 Å². The van der Waals surface area contributed by atoms with Crippen molar-refractivity contribution in [1.82, 2.24) is 24.8 Å². The summed E-state index contributed by atoms with van der Waals surface area (Å²) in [5.74, 6) is -0.141. The van der Waals surface area contributed by atoms with Crippen molar-refractivity contribution in [2.45, 2.75) is 76.5 Å². The molecule has 0 aliphatic carbocycles. The highest BCUT2D eigenvalue weighted by atomic mass is 35.5. The highest BCUT2D eigenvalue weighted by Gasteiger charge is 2.45. The van der Waals surface area contributed by atoms with Gasteiger partial charge in [-0.05, 0) is 83.8 Å². The van der Waals surface area contributed by atoms with Crippen molar-refractivity contribution < 1.29 is 18.7 Å². The first kappa shape index (κ1) is 30.9. The number of hydrogen-bond acceptors (Lipinski definition) is 8. The second kappa shape index (κ2) is 12.1. The van der Waals surface area contributed by atoms with Gasteiger partial charge in [-0.25, -0.2) is 9.18 Å². The molecular weight excluding hydrogens is 607 g/mol. The van der Waals surface area contributed by atoms with Crippen LogP contribution < -0.4 is 10.1 Å². The average Bonchev–Trinajstić information content (AvgIpc) is 3.61. The Morgan fingerprint density at radius 1 is 1.09 bits per heavy atom. The summed E-state index contributed by atoms with van der Waals surface area (Å²) >= 11 is 6.61. The van der Waals surface area contributed by atoms with Crippen molar-refractivity contribution in [1.29, 1.82) is 0 Å². The molecule has 46 heavy (non-hydrogen) atoms. The van der Waals surface area contributed by atoms with Gasteiger partial charge in [-0.15, -0.1) is 0 Å². The molecule has 0 saturated carbocycles. The van der Waals surface area contributed by atoms with Crippen molar-refractivity contribution in [2.24, 2.45) is 0 Å². The van der Waals surface area contributed by atoms with Crippen molar-refractivity contribution in [3.8, 4) is 17.3 Å². The number of halogens is 2. The molecule has 3 aliphatic rings. The lowest BCUT2D eigenvalue weighted by Gasteiger charge is -2.34. The van der Waals surface area contributed by atoms with Crippen LogP contribution in [0.2, 0.25) is 5.02 Å². The SMILES string of the molecule is CC(C)(C)OC(=O)N1CCCC(Nc2nc(OCC34CCCN3CCC4)nc3c(F)c(-c4cccc5cccc(Cl)c45)ncc23)C1. The maximum atomic E-state index is 16.7. The van der Waals surface area contributed by atoms with E-state index in [0.29, 0.717) is 41.5 Å². The molecule has 1 amide bonds. The molecule has 11 heteroatoms. The molecule has 2 aromatic heterocycles. The van der Waals surface area contributed by atoms with E-state index in [2.05, 4.69) is 20.2 Å². The second-order valence-electron chi connectivity index (χ2n) is 13.8. The predicted molar refractivity (Wildman–Crippen MR) is 178 cm³/mol. The van der Waals surface area contributed by atoms with Gasteiger partial charge in [0.2, 0.25) is 0 Å². The van der Waals surface area contributed by atoms with Crippen LogP contribution in [-0.2, 0) is 4.74 Å². The molecule has 0 spiro atoms. The fourth-order valence-electron chi connectivity index (χ4n) is 7.33. The summed E-state index contributed by atoms with van der Waals surface area (Å²) in [6.07, 6.45) is 7.28. The van der Waals surface area contributed by atoms with Gasteiger partial charge in [0.1, 0.15) is 29.2 Å². The van der Waals surface area contributed by atoms with Gasteiger partial charge in [0.05, 0.1) is 10.9 Å². The predicted octanol–water partition coefficient (Wildman–Crippen LogP) is 7.46. The number of benzene rings is 2. The maximum absolute atomic E-state index is 16.7. The molecule has 1 N–H and O–H groups in total. The number of piperidine rings is 1. The Bertz CT molecular complexity index is 1780. The standard InChI is InChI=1S/C35H40ClFN6O3/c1-34(2,3)46-33(44)42-16-6-11-23(20-42)39-31-25-19-38-29(24-12-4-9-22-10-5-13-26(36)27(22)24)28(37)30(25)40-32(41-31)45-21-35-14-7-17-43(35)18-8-15-35/h4-5,9-10,12-13,19,23H,6-8,11,14-18,20-21H2,1-3H3,(H,39,40,41). The van der Waals surface area contributed by atoms with E-state index >= 15 is 4.39 Å². The summed E-state index contributed by atoms with van der Waals surface area (Å²) in [4.78, 5) is 31.1. The Balaban J connectivity index is 1.26. The highest BCUT2D eigenvalue weighted by molar-refractivity contribution is 6.36. The van der Waals surface area contributed by atoms with Crippen molar-refractivity contribution in [3.05, 3.63) is 53.4 Å². The van der Waals surface area contributed by atoms with Gasteiger partial charge < -0.3 is 19.7 Å². The summed E-state index contributed by atoms with van der Waals surface area (Å²) in [5.41, 5.74) is 0.255. The average molecular weight is 647 g/mol. The number of ether oxygens (including phenoxy) is 2. The van der Waals surface area contributed by atoms with E-state index in [0.717, 1.165) is 62.4 Å². The molecule has 4 aromatic rings. The Labute approximate surface area is 273 Å². The third-order valence-electron chi connectivity index (χ3n) is 9.47.